The second kappa shape index (κ2) is 8.41. The third kappa shape index (κ3) is 3.86. The molecule has 0 spiro atoms. The van der Waals surface area contributed by atoms with E-state index in [4.69, 9.17) is 14.2 Å². The zero-order chi connectivity index (χ0) is 22.4. The molecule has 1 N–H and O–H groups in total. The quantitative estimate of drug-likeness (QED) is 0.656. The summed E-state index contributed by atoms with van der Waals surface area (Å²) in [6.07, 6.45) is 3.03. The fourth-order valence-corrected chi connectivity index (χ4v) is 5.10. The van der Waals surface area contributed by atoms with Crippen LogP contribution >= 0.6 is 0 Å². The number of halogens is 1. The fourth-order valence-electron chi connectivity index (χ4n) is 5.10. The van der Waals surface area contributed by atoms with Gasteiger partial charge in [-0.25, -0.2) is 9.37 Å². The van der Waals surface area contributed by atoms with Crippen molar-refractivity contribution < 1.29 is 13.7 Å². The van der Waals surface area contributed by atoms with Crippen molar-refractivity contribution in [2.45, 2.75) is 65.1 Å². The third-order valence-electron chi connectivity index (χ3n) is 6.72. The van der Waals surface area contributed by atoms with Crippen molar-refractivity contribution in [2.24, 2.45) is 0 Å². The molecule has 0 saturated carbocycles. The molecule has 5 rings (SSSR count). The molecule has 3 atom stereocenters. The van der Waals surface area contributed by atoms with Gasteiger partial charge in [0, 0.05) is 36.7 Å². The number of hydrogen-bond donors (Lipinski definition) is 1. The summed E-state index contributed by atoms with van der Waals surface area (Å²) in [5.74, 6) is 1.41. The Morgan fingerprint density at radius 3 is 2.66 bits per heavy atom. The lowest BCUT2D eigenvalue weighted by molar-refractivity contribution is 0.185. The summed E-state index contributed by atoms with van der Waals surface area (Å²) in [7, 11) is 0. The van der Waals surface area contributed by atoms with E-state index in [2.05, 4.69) is 27.3 Å². The largest absolute Gasteiger partial charge is 0.380 e. The highest BCUT2D eigenvalue weighted by molar-refractivity contribution is 5.93. The number of ether oxygens (including phenoxy) is 1. The first-order chi connectivity index (χ1) is 15.4. The first-order valence-electron chi connectivity index (χ1n) is 11.4. The zero-order valence-corrected chi connectivity index (χ0v) is 19.1. The van der Waals surface area contributed by atoms with E-state index >= 15 is 0 Å². The van der Waals surface area contributed by atoms with Gasteiger partial charge in [-0.05, 0) is 70.2 Å². The van der Waals surface area contributed by atoms with Crippen LogP contribution in [0.5, 0.6) is 0 Å². The minimum atomic E-state index is -0.303. The van der Waals surface area contributed by atoms with Gasteiger partial charge in [0.1, 0.15) is 17.2 Å². The van der Waals surface area contributed by atoms with E-state index in [1.54, 1.807) is 13.0 Å². The molecular formula is C24H30FN5O2. The predicted octanol–water partition coefficient (Wildman–Crippen LogP) is 4.08. The monoisotopic (exact) mass is 439 g/mol. The highest BCUT2D eigenvalue weighted by Crippen LogP contribution is 2.39. The maximum atomic E-state index is 14.9. The van der Waals surface area contributed by atoms with Gasteiger partial charge in [0.05, 0.1) is 12.2 Å². The minimum Gasteiger partial charge on any atom is -0.380 e. The average molecular weight is 440 g/mol. The number of nitrogens with one attached hydrogen (secondary N) is 1. The van der Waals surface area contributed by atoms with Gasteiger partial charge < -0.3 is 19.5 Å². The molecule has 32 heavy (non-hydrogen) atoms. The number of aryl methyl sites for hydroxylation is 3. The van der Waals surface area contributed by atoms with E-state index in [0.29, 0.717) is 29.3 Å². The standard InChI is InChI=1S/C24H30FN5O2/c1-13-9-19-15(3)21(24-26-16(4)29-32-24)23(28-22(19)20(25)10-13)30-7-5-17(11-14(30)2)27-18-6-8-31-12-18/h9-10,14,17-18,27H,5-8,11-12H2,1-4H3/t14-,17+,18-/m0/s1. The number of pyridine rings is 1. The van der Waals surface area contributed by atoms with Gasteiger partial charge in [0.2, 0.25) is 0 Å². The van der Waals surface area contributed by atoms with Crippen LogP contribution in [0.3, 0.4) is 0 Å². The van der Waals surface area contributed by atoms with Gasteiger partial charge >= 0.3 is 0 Å². The van der Waals surface area contributed by atoms with Crippen molar-refractivity contribution in [2.75, 3.05) is 24.7 Å². The van der Waals surface area contributed by atoms with Crippen molar-refractivity contribution in [3.63, 3.8) is 0 Å². The highest BCUT2D eigenvalue weighted by Gasteiger charge is 2.32. The van der Waals surface area contributed by atoms with E-state index in [-0.39, 0.29) is 11.9 Å². The molecule has 2 aromatic heterocycles. The molecule has 0 unspecified atom stereocenters. The zero-order valence-electron chi connectivity index (χ0n) is 19.1. The Morgan fingerprint density at radius 2 is 1.97 bits per heavy atom. The first kappa shape index (κ1) is 21.3. The molecule has 4 heterocycles. The Kier molecular flexibility index (Phi) is 5.59. The first-order valence-corrected chi connectivity index (χ1v) is 11.4. The normalized spacial score (nSPS) is 23.9. The summed E-state index contributed by atoms with van der Waals surface area (Å²) in [4.78, 5) is 11.6. The number of anilines is 1. The number of piperidine rings is 1. The van der Waals surface area contributed by atoms with Crippen LogP contribution in [0.1, 0.15) is 43.1 Å². The van der Waals surface area contributed by atoms with E-state index < -0.39 is 0 Å². The molecule has 1 aromatic carbocycles. The number of nitrogens with zero attached hydrogens (tertiary/aromatic N) is 4. The van der Waals surface area contributed by atoms with Crippen LogP contribution < -0.4 is 10.2 Å². The lowest BCUT2D eigenvalue weighted by atomic mass is 9.95. The van der Waals surface area contributed by atoms with Crippen LogP contribution in [0.25, 0.3) is 22.4 Å². The molecular weight excluding hydrogens is 409 g/mol. The van der Waals surface area contributed by atoms with Crippen molar-refractivity contribution in [1.82, 2.24) is 20.4 Å². The van der Waals surface area contributed by atoms with Gasteiger partial charge in [-0.1, -0.05) is 5.16 Å². The number of benzene rings is 1. The maximum Gasteiger partial charge on any atom is 0.261 e. The maximum absolute atomic E-state index is 14.9. The second-order valence-corrected chi connectivity index (χ2v) is 9.22. The topological polar surface area (TPSA) is 76.3 Å². The molecule has 8 heteroatoms. The van der Waals surface area contributed by atoms with Crippen molar-refractivity contribution in [1.29, 1.82) is 0 Å². The van der Waals surface area contributed by atoms with E-state index in [1.807, 2.05) is 19.9 Å². The summed E-state index contributed by atoms with van der Waals surface area (Å²) in [6, 6.07) is 4.61. The molecule has 0 aliphatic carbocycles. The minimum absolute atomic E-state index is 0.226. The summed E-state index contributed by atoms with van der Waals surface area (Å²) >= 11 is 0. The molecule has 2 aliphatic rings. The molecule has 7 nitrogen and oxygen atoms in total. The van der Waals surface area contributed by atoms with Crippen LogP contribution in [0.2, 0.25) is 0 Å². The number of fused-ring (bicyclic) bond motifs is 1. The molecule has 0 bridgehead atoms. The average Bonchev–Trinajstić information content (AvgIpc) is 3.40. The van der Waals surface area contributed by atoms with E-state index in [0.717, 1.165) is 66.9 Å². The Labute approximate surface area is 187 Å². The molecule has 2 saturated heterocycles. The molecule has 3 aromatic rings. The SMILES string of the molecule is Cc1cc(F)c2nc(N3CC[C@@H](N[C@H]4CCOC4)C[C@@H]3C)c(-c3nc(C)no3)c(C)c2c1. The molecule has 2 fully saturated rings. The molecule has 0 radical (unpaired) electrons. The van der Waals surface area contributed by atoms with E-state index in [1.165, 1.54) is 0 Å². The predicted molar refractivity (Wildman–Crippen MR) is 121 cm³/mol. The van der Waals surface area contributed by atoms with Gasteiger partial charge in [-0.15, -0.1) is 0 Å². The highest BCUT2D eigenvalue weighted by atomic mass is 19.1. The van der Waals surface area contributed by atoms with Gasteiger partial charge in [0.15, 0.2) is 5.82 Å². The molecule has 0 amide bonds. The van der Waals surface area contributed by atoms with Crippen molar-refractivity contribution >= 4 is 16.7 Å². The lowest BCUT2D eigenvalue weighted by Gasteiger charge is -2.40. The Balaban J connectivity index is 1.55. The van der Waals surface area contributed by atoms with Crippen molar-refractivity contribution in [3.05, 3.63) is 34.9 Å². The number of rotatable bonds is 4. The third-order valence-corrected chi connectivity index (χ3v) is 6.72. The van der Waals surface area contributed by atoms with Crippen LogP contribution in [0.15, 0.2) is 16.7 Å². The Hall–Kier alpha value is -2.58. The smallest absolute Gasteiger partial charge is 0.261 e. The summed E-state index contributed by atoms with van der Waals surface area (Å²) in [6.45, 7) is 10.3. The van der Waals surface area contributed by atoms with E-state index in [9.17, 15) is 4.39 Å². The second-order valence-electron chi connectivity index (χ2n) is 9.22. The van der Waals surface area contributed by atoms with Crippen LogP contribution in [0.4, 0.5) is 10.2 Å². The number of aromatic nitrogens is 3. The van der Waals surface area contributed by atoms with Gasteiger partial charge in [0.25, 0.3) is 5.89 Å². The van der Waals surface area contributed by atoms with Gasteiger partial charge in [-0.2, -0.15) is 4.98 Å². The van der Waals surface area contributed by atoms with Crippen molar-refractivity contribution in [3.8, 4) is 11.5 Å². The summed E-state index contributed by atoms with van der Waals surface area (Å²) in [5.41, 5.74) is 2.95. The Morgan fingerprint density at radius 1 is 1.12 bits per heavy atom. The summed E-state index contributed by atoms with van der Waals surface area (Å²) < 4.78 is 26.0. The van der Waals surface area contributed by atoms with Gasteiger partial charge in [-0.3, -0.25) is 0 Å². The number of hydrogen-bond acceptors (Lipinski definition) is 7. The summed E-state index contributed by atoms with van der Waals surface area (Å²) in [5, 5.41) is 8.53. The molecule has 170 valence electrons. The van der Waals surface area contributed by atoms with Crippen LogP contribution in [-0.4, -0.2) is 53.0 Å². The van der Waals surface area contributed by atoms with Crippen LogP contribution in [0, 0.1) is 26.6 Å². The fraction of sp³-hybridized carbons (Fsp3) is 0.542. The lowest BCUT2D eigenvalue weighted by Crippen LogP contribution is -2.50. The Bertz CT molecular complexity index is 1140. The van der Waals surface area contributed by atoms with Crippen LogP contribution in [-0.2, 0) is 4.74 Å². The molecule has 2 aliphatic heterocycles.